The number of hydrogen-bond donors (Lipinski definition) is 11. The maximum Gasteiger partial charge on any atom is 0.326 e. The molecule has 0 aliphatic carbocycles. The van der Waals surface area contributed by atoms with Gasteiger partial charge in [-0.3, -0.25) is 43.3 Å². The number of nitrogens with zero attached hydrogens (tertiary/aromatic N) is 2. The number of carboxylic acid groups (broad SMARTS) is 1. The highest BCUT2D eigenvalue weighted by molar-refractivity contribution is 5.99. The van der Waals surface area contributed by atoms with Gasteiger partial charge in [-0.15, -0.1) is 0 Å². The Morgan fingerprint density at radius 3 is 1.67 bits per heavy atom. The van der Waals surface area contributed by atoms with Crippen molar-refractivity contribution < 1.29 is 48.3 Å². The molecule has 0 unspecified atom stereocenters. The Hall–Kier alpha value is -7.88. The third-order valence-corrected chi connectivity index (χ3v) is 12.6. The van der Waals surface area contributed by atoms with Crippen LogP contribution in [-0.2, 0) is 62.4 Å². The van der Waals surface area contributed by atoms with Crippen LogP contribution in [0.5, 0.6) is 0 Å². The molecule has 2 heterocycles. The summed E-state index contributed by atoms with van der Waals surface area (Å²) in [6.07, 6.45) is 2.06. The molecule has 22 nitrogen and oxygen atoms in total. The van der Waals surface area contributed by atoms with Gasteiger partial charge < -0.3 is 64.4 Å². The van der Waals surface area contributed by atoms with Gasteiger partial charge in [0.25, 0.3) is 0 Å². The molecular formula is C51H68N12O10. The zero-order valence-electron chi connectivity index (χ0n) is 40.9. The molecule has 8 amide bonds. The number of likely N-dealkylation sites (tertiary alicyclic amines) is 1. The average Bonchev–Trinajstić information content (AvgIpc) is 4.10. The molecule has 2 fully saturated rings. The molecule has 2 saturated heterocycles. The highest BCUT2D eigenvalue weighted by Crippen LogP contribution is 2.20. The summed E-state index contributed by atoms with van der Waals surface area (Å²) < 4.78 is 0. The van der Waals surface area contributed by atoms with Crippen LogP contribution in [0.4, 0.5) is 0 Å². The van der Waals surface area contributed by atoms with Gasteiger partial charge in [-0.05, 0) is 81.5 Å². The lowest BCUT2D eigenvalue weighted by atomic mass is 10.0. The Labute approximate surface area is 423 Å². The molecule has 3 aromatic rings. The molecular weight excluding hydrogens is 941 g/mol. The average molecular weight is 1010 g/mol. The van der Waals surface area contributed by atoms with E-state index in [1.807, 2.05) is 30.3 Å². The maximum absolute atomic E-state index is 14.5. The van der Waals surface area contributed by atoms with Crippen LogP contribution < -0.4 is 54.4 Å². The van der Waals surface area contributed by atoms with E-state index >= 15 is 0 Å². The molecule has 5 rings (SSSR count). The summed E-state index contributed by atoms with van der Waals surface area (Å²) in [5, 5.41) is 28.9. The van der Waals surface area contributed by atoms with E-state index in [-0.39, 0.29) is 57.1 Å². The number of aryl methyl sites for hydroxylation is 1. The molecule has 0 aromatic heterocycles. The van der Waals surface area contributed by atoms with E-state index in [9.17, 15) is 48.3 Å². The van der Waals surface area contributed by atoms with Crippen LogP contribution in [0.25, 0.3) is 0 Å². The van der Waals surface area contributed by atoms with E-state index < -0.39 is 102 Å². The van der Waals surface area contributed by atoms with E-state index in [1.165, 1.54) is 11.8 Å². The topological polar surface area (TPSA) is 352 Å². The van der Waals surface area contributed by atoms with Crippen LogP contribution in [-0.4, -0.2) is 137 Å². The Balaban J connectivity index is 1.34. The van der Waals surface area contributed by atoms with Crippen molar-refractivity contribution in [3.63, 3.8) is 0 Å². The summed E-state index contributed by atoms with van der Waals surface area (Å²) in [7, 11) is 0. The van der Waals surface area contributed by atoms with Crippen molar-refractivity contribution in [2.75, 3.05) is 19.6 Å². The second-order valence-electron chi connectivity index (χ2n) is 18.2. The van der Waals surface area contributed by atoms with Gasteiger partial charge >= 0.3 is 5.97 Å². The second kappa shape index (κ2) is 28.2. The fraction of sp³-hybridized carbons (Fsp3) is 0.451. The molecule has 73 heavy (non-hydrogen) atoms. The van der Waals surface area contributed by atoms with Crippen LogP contribution in [0.1, 0.15) is 75.0 Å². The number of guanidine groups is 1. The van der Waals surface area contributed by atoms with Crippen LogP contribution in [0.15, 0.2) is 96.0 Å². The Morgan fingerprint density at radius 1 is 0.630 bits per heavy atom. The maximum atomic E-state index is 14.5. The van der Waals surface area contributed by atoms with Crippen LogP contribution in [0.2, 0.25) is 0 Å². The van der Waals surface area contributed by atoms with Crippen molar-refractivity contribution in [3.05, 3.63) is 108 Å². The molecule has 14 N–H and O–H groups in total. The first kappa shape index (κ1) is 56.0. The first-order valence-electron chi connectivity index (χ1n) is 24.5. The molecule has 0 bridgehead atoms. The number of amides is 8. The minimum Gasteiger partial charge on any atom is -0.480 e. The second-order valence-corrected chi connectivity index (χ2v) is 18.2. The quantitative estimate of drug-likeness (QED) is 0.0243. The van der Waals surface area contributed by atoms with Crippen molar-refractivity contribution in [2.24, 2.45) is 22.2 Å². The van der Waals surface area contributed by atoms with Crippen molar-refractivity contribution in [3.8, 4) is 0 Å². The molecule has 0 spiro atoms. The van der Waals surface area contributed by atoms with Gasteiger partial charge in [0.1, 0.15) is 42.3 Å². The summed E-state index contributed by atoms with van der Waals surface area (Å²) in [4.78, 5) is 127. The van der Waals surface area contributed by atoms with Crippen LogP contribution >= 0.6 is 0 Å². The minimum absolute atomic E-state index is 0.0412. The van der Waals surface area contributed by atoms with Crippen molar-refractivity contribution in [2.45, 2.75) is 126 Å². The number of rotatable bonds is 27. The lowest BCUT2D eigenvalue weighted by Gasteiger charge is -2.29. The van der Waals surface area contributed by atoms with E-state index in [4.69, 9.17) is 17.2 Å². The molecule has 2 aliphatic rings. The van der Waals surface area contributed by atoms with Gasteiger partial charge in [-0.25, -0.2) is 4.79 Å². The SMILES string of the molecule is C[C@H](NC(=O)[C@H](CC(N)=O)NC(=O)[C@H](Cc1ccccc1)NC(=O)[C@H](Cc1ccccc1)NC(=O)[C@H](CCCN=C(N)N)NC(=O)[C@@H]1CCCN1)C(=O)N[C@@H](CCc1ccccc1)C(=O)N1CCC[C@@H]1C(=O)O. The lowest BCUT2D eigenvalue weighted by Crippen LogP contribution is -2.60. The number of hydrogen-bond acceptors (Lipinski definition) is 11. The fourth-order valence-electron chi connectivity index (χ4n) is 8.68. The predicted octanol–water partition coefficient (Wildman–Crippen LogP) is -1.21. The van der Waals surface area contributed by atoms with Crippen molar-refractivity contribution in [1.82, 2.24) is 42.1 Å². The largest absolute Gasteiger partial charge is 0.480 e. The molecule has 22 heteroatoms. The van der Waals surface area contributed by atoms with Gasteiger partial charge in [0, 0.05) is 25.9 Å². The monoisotopic (exact) mass is 1010 g/mol. The lowest BCUT2D eigenvalue weighted by molar-refractivity contribution is -0.149. The predicted molar refractivity (Wildman–Crippen MR) is 269 cm³/mol. The third kappa shape index (κ3) is 18.0. The first-order chi connectivity index (χ1) is 35.0. The normalized spacial score (nSPS) is 17.5. The summed E-state index contributed by atoms with van der Waals surface area (Å²) in [6, 6.07) is 17.0. The number of aliphatic imine (C=N–C) groups is 1. The van der Waals surface area contributed by atoms with Gasteiger partial charge in [0.2, 0.25) is 47.3 Å². The highest BCUT2D eigenvalue weighted by Gasteiger charge is 2.39. The summed E-state index contributed by atoms with van der Waals surface area (Å²) in [6.45, 7) is 2.32. The van der Waals surface area contributed by atoms with Gasteiger partial charge in [-0.2, -0.15) is 0 Å². The zero-order valence-corrected chi connectivity index (χ0v) is 40.9. The molecule has 392 valence electrons. The fourth-order valence-corrected chi connectivity index (χ4v) is 8.68. The van der Waals surface area contributed by atoms with E-state index in [0.29, 0.717) is 43.4 Å². The van der Waals surface area contributed by atoms with Gasteiger partial charge in [-0.1, -0.05) is 91.0 Å². The Kier molecular flexibility index (Phi) is 21.7. The summed E-state index contributed by atoms with van der Waals surface area (Å²) in [5.41, 5.74) is 18.7. The number of primary amides is 1. The van der Waals surface area contributed by atoms with E-state index in [0.717, 1.165) is 12.0 Å². The molecule has 0 radical (unpaired) electrons. The zero-order chi connectivity index (χ0) is 52.9. The summed E-state index contributed by atoms with van der Waals surface area (Å²) >= 11 is 0. The molecule has 0 saturated carbocycles. The number of nitrogens with two attached hydrogens (primary N) is 3. The third-order valence-electron chi connectivity index (χ3n) is 12.6. The molecule has 2 aliphatic heterocycles. The number of carbonyl (C=O) groups excluding carboxylic acids is 8. The van der Waals surface area contributed by atoms with Crippen molar-refractivity contribution >= 4 is 59.2 Å². The number of carboxylic acids is 1. The molecule has 8 atom stereocenters. The van der Waals surface area contributed by atoms with E-state index in [1.54, 1.807) is 60.7 Å². The van der Waals surface area contributed by atoms with Crippen LogP contribution in [0.3, 0.4) is 0 Å². The number of carbonyl (C=O) groups is 9. The Bertz CT molecular complexity index is 2400. The standard InChI is InChI=1S/C51H68N12O10/c1-31(43(65)59-37(24-23-32-14-5-2-6-15-32)49(71)63-27-13-22-41(63)50(72)73)57-46(68)40(30-42(52)64)62-48(70)39(29-34-18-9-4-10-19-34)61-47(69)38(28-33-16-7-3-8-17-33)60-45(67)36(21-12-26-56-51(53)54)58-44(66)35-20-11-25-55-35/h2-10,14-19,31,35-41,55H,11-13,20-30H2,1H3,(H2,52,64)(H,57,68)(H,58,66)(H,59,65)(H,60,67)(H,61,69)(H,62,70)(H,72,73)(H4,53,54,56)/t31-,35-,36-,37-,38-,39-,40-,41+/m0/s1. The smallest absolute Gasteiger partial charge is 0.326 e. The summed E-state index contributed by atoms with van der Waals surface area (Å²) in [5.74, 6) is -7.46. The Morgan fingerprint density at radius 2 is 1.15 bits per heavy atom. The van der Waals surface area contributed by atoms with Crippen molar-refractivity contribution in [1.29, 1.82) is 0 Å². The first-order valence-corrected chi connectivity index (χ1v) is 24.5. The minimum atomic E-state index is -1.66. The number of benzene rings is 3. The van der Waals surface area contributed by atoms with Crippen LogP contribution in [0, 0.1) is 0 Å². The molecule has 3 aromatic carbocycles. The van der Waals surface area contributed by atoms with Gasteiger partial charge in [0.15, 0.2) is 5.96 Å². The number of aliphatic carboxylic acids is 1. The highest BCUT2D eigenvalue weighted by atomic mass is 16.4. The van der Waals surface area contributed by atoms with Gasteiger partial charge in [0.05, 0.1) is 12.5 Å². The van der Waals surface area contributed by atoms with E-state index in [2.05, 4.69) is 42.2 Å². The number of nitrogens with one attached hydrogen (secondary N) is 7.